The number of amides is 2. The van der Waals surface area contributed by atoms with E-state index in [1.165, 1.54) is 4.90 Å². The minimum atomic E-state index is -0.863. The fraction of sp³-hybridized carbons (Fsp3) is 0.444. The third-order valence-corrected chi connectivity index (χ3v) is 7.21. The third-order valence-electron chi connectivity index (χ3n) is 7.21. The number of benzene rings is 2. The van der Waals surface area contributed by atoms with E-state index in [1.54, 1.807) is 0 Å². The zero-order chi connectivity index (χ0) is 22.6. The Bertz CT molecular complexity index is 975. The first-order chi connectivity index (χ1) is 15.5. The van der Waals surface area contributed by atoms with Crippen molar-refractivity contribution in [1.29, 1.82) is 0 Å². The second-order valence-corrected chi connectivity index (χ2v) is 9.62. The molecule has 5 heteroatoms. The molecule has 0 radical (unpaired) electrons. The van der Waals surface area contributed by atoms with Crippen LogP contribution in [0.25, 0.3) is 0 Å². The molecule has 2 aromatic carbocycles. The largest absolute Gasteiger partial charge is 0.464 e. The van der Waals surface area contributed by atoms with Crippen molar-refractivity contribution in [3.63, 3.8) is 0 Å². The lowest BCUT2D eigenvalue weighted by molar-refractivity contribution is -0.159. The molecule has 3 aliphatic carbocycles. The van der Waals surface area contributed by atoms with Crippen LogP contribution in [0.15, 0.2) is 48.5 Å². The van der Waals surface area contributed by atoms with Gasteiger partial charge in [-0.25, -0.2) is 4.79 Å². The number of rotatable bonds is 6. The molecule has 1 saturated heterocycles. The fourth-order valence-corrected chi connectivity index (χ4v) is 6.06. The minimum absolute atomic E-state index is 0.142. The molecule has 2 bridgehead atoms. The average molecular weight is 432 g/mol. The van der Waals surface area contributed by atoms with Crippen molar-refractivity contribution in [2.75, 3.05) is 6.61 Å². The number of hydrogen-bond acceptors (Lipinski definition) is 4. The molecule has 3 atom stereocenters. The quantitative estimate of drug-likeness (QED) is 0.507. The Balaban J connectivity index is 1.60. The maximum Gasteiger partial charge on any atom is 0.329 e. The van der Waals surface area contributed by atoms with E-state index in [0.717, 1.165) is 22.3 Å². The number of carbonyl (C=O) groups excluding carboxylic acids is 3. The van der Waals surface area contributed by atoms with E-state index in [9.17, 15) is 14.4 Å². The maximum atomic E-state index is 13.9. The first-order valence-corrected chi connectivity index (χ1v) is 11.7. The van der Waals surface area contributed by atoms with E-state index in [2.05, 4.69) is 24.3 Å². The topological polar surface area (TPSA) is 63.7 Å². The summed E-state index contributed by atoms with van der Waals surface area (Å²) in [6.07, 6.45) is 1.11. The van der Waals surface area contributed by atoms with Crippen molar-refractivity contribution in [2.45, 2.75) is 51.5 Å². The van der Waals surface area contributed by atoms with Gasteiger partial charge in [0.1, 0.15) is 6.04 Å². The molecule has 0 N–H and O–H groups in total. The lowest BCUT2D eigenvalue weighted by Crippen LogP contribution is -2.47. The number of esters is 1. The highest BCUT2D eigenvalue weighted by atomic mass is 16.5. The van der Waals surface area contributed by atoms with Crippen molar-refractivity contribution in [3.8, 4) is 0 Å². The van der Waals surface area contributed by atoms with Crippen LogP contribution in [0, 0.1) is 17.8 Å². The van der Waals surface area contributed by atoms with Gasteiger partial charge in [-0.2, -0.15) is 0 Å². The molecular weight excluding hydrogens is 402 g/mol. The molecule has 32 heavy (non-hydrogen) atoms. The van der Waals surface area contributed by atoms with Gasteiger partial charge in [-0.15, -0.1) is 0 Å². The Labute approximate surface area is 188 Å². The SMILES string of the molecule is CCCOC(=O)[C@H](CC(C)C)N1C(=O)[C@H]2C3c4ccccc4C(c4ccccc43)[C@@H]2C1=O. The van der Waals surface area contributed by atoms with Crippen LogP contribution in [-0.2, 0) is 19.1 Å². The molecule has 5 nitrogen and oxygen atoms in total. The normalized spacial score (nSPS) is 26.1. The smallest absolute Gasteiger partial charge is 0.329 e. The Morgan fingerprint density at radius 1 is 0.875 bits per heavy atom. The molecule has 1 fully saturated rings. The molecule has 0 aromatic heterocycles. The number of imide groups is 1. The van der Waals surface area contributed by atoms with Crippen molar-refractivity contribution in [3.05, 3.63) is 70.8 Å². The van der Waals surface area contributed by atoms with Gasteiger partial charge in [0, 0.05) is 11.8 Å². The van der Waals surface area contributed by atoms with Crippen molar-refractivity contribution in [2.24, 2.45) is 17.8 Å². The van der Waals surface area contributed by atoms with E-state index >= 15 is 0 Å². The minimum Gasteiger partial charge on any atom is -0.464 e. The second kappa shape index (κ2) is 7.88. The Hall–Kier alpha value is -2.95. The predicted octanol–water partition coefficient (Wildman–Crippen LogP) is 4.25. The van der Waals surface area contributed by atoms with Gasteiger partial charge < -0.3 is 4.74 Å². The summed E-state index contributed by atoms with van der Waals surface area (Å²) < 4.78 is 5.42. The van der Waals surface area contributed by atoms with E-state index in [-0.39, 0.29) is 29.6 Å². The number of nitrogens with zero attached hydrogens (tertiary/aromatic N) is 1. The highest BCUT2D eigenvalue weighted by molar-refractivity contribution is 6.10. The Kier molecular flexibility index (Phi) is 5.15. The molecule has 6 rings (SSSR count). The van der Waals surface area contributed by atoms with Crippen LogP contribution in [0.1, 0.15) is 67.7 Å². The van der Waals surface area contributed by atoms with E-state index in [1.807, 2.05) is 45.0 Å². The summed E-state index contributed by atoms with van der Waals surface area (Å²) in [7, 11) is 0. The predicted molar refractivity (Wildman–Crippen MR) is 120 cm³/mol. The molecule has 2 aromatic rings. The van der Waals surface area contributed by atoms with Crippen molar-refractivity contribution in [1.82, 2.24) is 4.90 Å². The third kappa shape index (κ3) is 2.94. The summed E-state index contributed by atoms with van der Waals surface area (Å²) in [5, 5.41) is 0. The standard InChI is InChI=1S/C27H29NO4/c1-4-13-32-27(31)20(14-15(2)3)28-25(29)23-21-16-9-5-6-10-17(16)22(24(23)26(28)30)19-12-8-7-11-18(19)21/h5-12,15,20-24H,4,13-14H2,1-3H3/t20-,21?,22?,23-,24-/m0/s1. The summed E-state index contributed by atoms with van der Waals surface area (Å²) >= 11 is 0. The number of carbonyl (C=O) groups is 3. The first kappa shape index (κ1) is 20.9. The Morgan fingerprint density at radius 3 is 1.69 bits per heavy atom. The number of ether oxygens (including phenoxy) is 1. The van der Waals surface area contributed by atoms with E-state index in [0.29, 0.717) is 19.4 Å². The lowest BCUT2D eigenvalue weighted by Gasteiger charge is -2.45. The summed E-state index contributed by atoms with van der Waals surface area (Å²) in [6, 6.07) is 15.5. The van der Waals surface area contributed by atoms with Gasteiger partial charge in [0.25, 0.3) is 0 Å². The summed E-state index contributed by atoms with van der Waals surface area (Å²) in [6.45, 7) is 6.21. The summed E-state index contributed by atoms with van der Waals surface area (Å²) in [5.74, 6) is -2.03. The zero-order valence-corrected chi connectivity index (χ0v) is 18.8. The first-order valence-electron chi connectivity index (χ1n) is 11.7. The van der Waals surface area contributed by atoms with Gasteiger partial charge in [-0.1, -0.05) is 69.3 Å². The number of likely N-dealkylation sites (tertiary alicyclic amines) is 1. The van der Waals surface area contributed by atoms with Gasteiger partial charge in [0.05, 0.1) is 18.4 Å². The molecule has 4 aliphatic rings. The van der Waals surface area contributed by atoms with E-state index < -0.39 is 23.8 Å². The van der Waals surface area contributed by atoms with Crippen molar-refractivity contribution < 1.29 is 19.1 Å². The molecule has 1 aliphatic heterocycles. The van der Waals surface area contributed by atoms with Crippen LogP contribution >= 0.6 is 0 Å². The Morgan fingerprint density at radius 2 is 1.31 bits per heavy atom. The van der Waals surface area contributed by atoms with Crippen LogP contribution < -0.4 is 0 Å². The van der Waals surface area contributed by atoms with Gasteiger partial charge >= 0.3 is 5.97 Å². The van der Waals surface area contributed by atoms with Crippen LogP contribution in [0.5, 0.6) is 0 Å². The molecule has 0 saturated carbocycles. The monoisotopic (exact) mass is 431 g/mol. The highest BCUT2D eigenvalue weighted by Gasteiger charge is 2.63. The summed E-state index contributed by atoms with van der Waals surface area (Å²) in [4.78, 5) is 42.0. The molecule has 2 amide bonds. The van der Waals surface area contributed by atoms with Crippen molar-refractivity contribution >= 4 is 17.8 Å². The fourth-order valence-electron chi connectivity index (χ4n) is 6.06. The molecule has 0 spiro atoms. The summed E-state index contributed by atoms with van der Waals surface area (Å²) in [5.41, 5.74) is 4.53. The highest BCUT2D eigenvalue weighted by Crippen LogP contribution is 2.61. The molecule has 0 unspecified atom stereocenters. The molecule has 1 heterocycles. The van der Waals surface area contributed by atoms with Crippen LogP contribution in [0.3, 0.4) is 0 Å². The maximum absolute atomic E-state index is 13.9. The molecular formula is C27H29NO4. The average Bonchev–Trinajstić information content (AvgIpc) is 3.06. The van der Waals surface area contributed by atoms with Gasteiger partial charge in [0.15, 0.2) is 0 Å². The van der Waals surface area contributed by atoms with E-state index in [4.69, 9.17) is 4.74 Å². The van der Waals surface area contributed by atoms with Crippen LogP contribution in [-0.4, -0.2) is 35.3 Å². The zero-order valence-electron chi connectivity index (χ0n) is 18.8. The number of hydrogen-bond donors (Lipinski definition) is 0. The van der Waals surface area contributed by atoms with Crippen LogP contribution in [0.2, 0.25) is 0 Å². The molecule has 166 valence electrons. The van der Waals surface area contributed by atoms with Gasteiger partial charge in [-0.05, 0) is 41.0 Å². The van der Waals surface area contributed by atoms with Crippen LogP contribution in [0.4, 0.5) is 0 Å². The van der Waals surface area contributed by atoms with Gasteiger partial charge in [0.2, 0.25) is 11.8 Å². The lowest BCUT2D eigenvalue weighted by atomic mass is 9.55. The van der Waals surface area contributed by atoms with Gasteiger partial charge in [-0.3, -0.25) is 14.5 Å². The second-order valence-electron chi connectivity index (χ2n) is 9.62.